The average Bonchev–Trinajstić information content (AvgIpc) is 2.43. The van der Waals surface area contributed by atoms with Crippen LogP contribution in [0.4, 0.5) is 4.39 Å². The summed E-state index contributed by atoms with van der Waals surface area (Å²) in [5.74, 6) is -0.868. The van der Waals surface area contributed by atoms with Crippen molar-refractivity contribution < 1.29 is 9.18 Å². The van der Waals surface area contributed by atoms with Crippen LogP contribution in [0.1, 0.15) is 44.0 Å². The minimum absolute atomic E-state index is 0.0274. The number of carbonyl (C=O) groups excluding carboxylic acids is 1. The molecule has 0 heterocycles. The molecular formula is C16H24BrFN2O. The summed E-state index contributed by atoms with van der Waals surface area (Å²) >= 11 is 3.22. The van der Waals surface area contributed by atoms with Crippen molar-refractivity contribution in [2.24, 2.45) is 0 Å². The molecule has 1 N–H and O–H groups in total. The van der Waals surface area contributed by atoms with E-state index in [1.54, 1.807) is 12.1 Å². The predicted octanol–water partition coefficient (Wildman–Crippen LogP) is 3.83. The van der Waals surface area contributed by atoms with E-state index in [-0.39, 0.29) is 17.5 Å². The lowest BCUT2D eigenvalue weighted by atomic mass is 10.1. The predicted molar refractivity (Wildman–Crippen MR) is 88.1 cm³/mol. The Hall–Kier alpha value is -0.940. The van der Waals surface area contributed by atoms with Crippen molar-refractivity contribution in [3.8, 4) is 0 Å². The molecule has 1 rings (SSSR count). The van der Waals surface area contributed by atoms with Gasteiger partial charge in [0.2, 0.25) is 0 Å². The maximum Gasteiger partial charge on any atom is 0.255 e. The van der Waals surface area contributed by atoms with Crippen molar-refractivity contribution in [1.29, 1.82) is 0 Å². The van der Waals surface area contributed by atoms with E-state index in [0.717, 1.165) is 32.5 Å². The standard InChI is InChI=1S/C16H24BrFN2O/c1-4-20(5-2)11-7-8-12(3)19-16(21)15-13(17)9-6-10-14(15)18/h6,9-10,12H,4-5,7-8,11H2,1-3H3,(H,19,21). The van der Waals surface area contributed by atoms with E-state index in [1.165, 1.54) is 6.07 Å². The van der Waals surface area contributed by atoms with Gasteiger partial charge < -0.3 is 10.2 Å². The number of rotatable bonds is 8. The summed E-state index contributed by atoms with van der Waals surface area (Å²) in [6.07, 6.45) is 1.90. The molecule has 0 spiro atoms. The quantitative estimate of drug-likeness (QED) is 0.765. The molecule has 5 heteroatoms. The van der Waals surface area contributed by atoms with Crippen molar-refractivity contribution in [2.45, 2.75) is 39.7 Å². The summed E-state index contributed by atoms with van der Waals surface area (Å²) in [4.78, 5) is 14.5. The third kappa shape index (κ3) is 5.75. The Balaban J connectivity index is 2.47. The first-order chi connectivity index (χ1) is 9.99. The molecule has 0 fully saturated rings. The van der Waals surface area contributed by atoms with E-state index >= 15 is 0 Å². The second kappa shape index (κ2) is 9.15. The maximum atomic E-state index is 13.7. The summed E-state index contributed by atoms with van der Waals surface area (Å²) in [5.41, 5.74) is 0.0769. The van der Waals surface area contributed by atoms with Gasteiger partial charge in [0.05, 0.1) is 5.56 Å². The lowest BCUT2D eigenvalue weighted by molar-refractivity contribution is 0.0932. The zero-order valence-electron chi connectivity index (χ0n) is 13.0. The van der Waals surface area contributed by atoms with Crippen molar-refractivity contribution in [3.05, 3.63) is 34.1 Å². The lowest BCUT2D eigenvalue weighted by Gasteiger charge is -2.20. The average molecular weight is 359 g/mol. The molecule has 0 radical (unpaired) electrons. The summed E-state index contributed by atoms with van der Waals surface area (Å²) in [6, 6.07) is 4.57. The topological polar surface area (TPSA) is 32.3 Å². The van der Waals surface area contributed by atoms with Gasteiger partial charge in [-0.25, -0.2) is 4.39 Å². The molecule has 0 saturated heterocycles. The molecule has 1 unspecified atom stereocenters. The Kier molecular flexibility index (Phi) is 7.89. The molecule has 0 aliphatic heterocycles. The van der Waals surface area contributed by atoms with E-state index < -0.39 is 5.82 Å². The first-order valence-corrected chi connectivity index (χ1v) is 8.26. The smallest absolute Gasteiger partial charge is 0.255 e. The first-order valence-electron chi connectivity index (χ1n) is 7.46. The fourth-order valence-electron chi connectivity index (χ4n) is 2.24. The monoisotopic (exact) mass is 358 g/mol. The van der Waals surface area contributed by atoms with Crippen LogP contribution in [0.3, 0.4) is 0 Å². The minimum Gasteiger partial charge on any atom is -0.349 e. The maximum absolute atomic E-state index is 13.7. The Morgan fingerprint density at radius 1 is 1.38 bits per heavy atom. The molecule has 3 nitrogen and oxygen atoms in total. The molecule has 0 saturated carbocycles. The van der Waals surface area contributed by atoms with E-state index in [9.17, 15) is 9.18 Å². The van der Waals surface area contributed by atoms with Gasteiger partial charge in [-0.2, -0.15) is 0 Å². The van der Waals surface area contributed by atoms with Crippen molar-refractivity contribution in [3.63, 3.8) is 0 Å². The van der Waals surface area contributed by atoms with Crippen LogP contribution in [-0.4, -0.2) is 36.5 Å². The van der Waals surface area contributed by atoms with Gasteiger partial charge in [-0.1, -0.05) is 19.9 Å². The van der Waals surface area contributed by atoms with E-state index in [1.807, 2.05) is 6.92 Å². The van der Waals surface area contributed by atoms with E-state index in [4.69, 9.17) is 0 Å². The van der Waals surface area contributed by atoms with Crippen LogP contribution in [0.25, 0.3) is 0 Å². The SMILES string of the molecule is CCN(CC)CCCC(C)NC(=O)c1c(F)cccc1Br. The Morgan fingerprint density at radius 3 is 2.62 bits per heavy atom. The van der Waals surface area contributed by atoms with Gasteiger partial charge in [-0.3, -0.25) is 4.79 Å². The lowest BCUT2D eigenvalue weighted by Crippen LogP contribution is -2.34. The Labute approximate surface area is 135 Å². The van der Waals surface area contributed by atoms with Crippen LogP contribution in [0.15, 0.2) is 22.7 Å². The summed E-state index contributed by atoms with van der Waals surface area (Å²) in [6.45, 7) is 9.35. The van der Waals surface area contributed by atoms with Crippen LogP contribution in [0.5, 0.6) is 0 Å². The molecular weight excluding hydrogens is 335 g/mol. The van der Waals surface area contributed by atoms with Gasteiger partial charge in [0.1, 0.15) is 5.82 Å². The number of hydrogen-bond donors (Lipinski definition) is 1. The zero-order chi connectivity index (χ0) is 15.8. The summed E-state index contributed by atoms with van der Waals surface area (Å²) in [5, 5.41) is 2.86. The van der Waals surface area contributed by atoms with Gasteiger partial charge in [-0.05, 0) is 67.5 Å². The third-order valence-electron chi connectivity index (χ3n) is 3.57. The number of amides is 1. The summed E-state index contributed by atoms with van der Waals surface area (Å²) < 4.78 is 14.2. The van der Waals surface area contributed by atoms with E-state index in [2.05, 4.69) is 40.0 Å². The van der Waals surface area contributed by atoms with Gasteiger partial charge >= 0.3 is 0 Å². The van der Waals surface area contributed by atoms with Crippen LogP contribution in [-0.2, 0) is 0 Å². The van der Waals surface area contributed by atoms with Crippen LogP contribution < -0.4 is 5.32 Å². The molecule has 21 heavy (non-hydrogen) atoms. The molecule has 1 atom stereocenters. The highest BCUT2D eigenvalue weighted by Gasteiger charge is 2.17. The molecule has 0 aliphatic rings. The van der Waals surface area contributed by atoms with Gasteiger partial charge in [0, 0.05) is 10.5 Å². The fraction of sp³-hybridized carbons (Fsp3) is 0.562. The number of carbonyl (C=O) groups is 1. The number of halogens is 2. The number of benzene rings is 1. The molecule has 1 amide bonds. The Bertz CT molecular complexity index is 443. The minimum atomic E-state index is -0.503. The van der Waals surface area contributed by atoms with Gasteiger partial charge in [0.15, 0.2) is 0 Å². The molecule has 0 aromatic heterocycles. The van der Waals surface area contributed by atoms with Crippen molar-refractivity contribution in [2.75, 3.05) is 19.6 Å². The normalized spacial score (nSPS) is 12.5. The van der Waals surface area contributed by atoms with Gasteiger partial charge in [0.25, 0.3) is 5.91 Å². The van der Waals surface area contributed by atoms with Gasteiger partial charge in [-0.15, -0.1) is 0 Å². The Morgan fingerprint density at radius 2 is 2.05 bits per heavy atom. The molecule has 118 valence electrons. The fourth-order valence-corrected chi connectivity index (χ4v) is 2.77. The second-order valence-corrected chi connectivity index (χ2v) is 5.99. The van der Waals surface area contributed by atoms with Crippen LogP contribution >= 0.6 is 15.9 Å². The van der Waals surface area contributed by atoms with E-state index in [0.29, 0.717) is 4.47 Å². The van der Waals surface area contributed by atoms with Crippen molar-refractivity contribution in [1.82, 2.24) is 10.2 Å². The number of hydrogen-bond acceptors (Lipinski definition) is 2. The first kappa shape index (κ1) is 18.1. The molecule has 1 aromatic rings. The number of nitrogens with one attached hydrogen (secondary N) is 1. The largest absolute Gasteiger partial charge is 0.349 e. The van der Waals surface area contributed by atoms with Crippen molar-refractivity contribution >= 4 is 21.8 Å². The highest BCUT2D eigenvalue weighted by molar-refractivity contribution is 9.10. The van der Waals surface area contributed by atoms with Crippen LogP contribution in [0.2, 0.25) is 0 Å². The molecule has 1 aromatic carbocycles. The third-order valence-corrected chi connectivity index (χ3v) is 4.23. The highest BCUT2D eigenvalue weighted by atomic mass is 79.9. The molecule has 0 bridgehead atoms. The molecule has 0 aliphatic carbocycles. The zero-order valence-corrected chi connectivity index (χ0v) is 14.5. The highest BCUT2D eigenvalue weighted by Crippen LogP contribution is 2.19. The second-order valence-electron chi connectivity index (χ2n) is 5.14. The van der Waals surface area contributed by atoms with Crippen LogP contribution in [0, 0.1) is 5.82 Å². The number of nitrogens with zero attached hydrogens (tertiary/aromatic N) is 1. The summed E-state index contributed by atoms with van der Waals surface area (Å²) in [7, 11) is 0.